The highest BCUT2D eigenvalue weighted by molar-refractivity contribution is 5.93. The minimum atomic E-state index is -0.351. The number of rotatable bonds is 5. The third-order valence-corrected chi connectivity index (χ3v) is 5.79. The van der Waals surface area contributed by atoms with Gasteiger partial charge in [0.2, 0.25) is 0 Å². The number of fused-ring (bicyclic) bond motifs is 1. The monoisotopic (exact) mass is 414 g/mol. The van der Waals surface area contributed by atoms with Crippen LogP contribution in [-0.4, -0.2) is 20.8 Å². The molecule has 1 fully saturated rings. The lowest BCUT2D eigenvalue weighted by Crippen LogP contribution is -2.30. The molecule has 0 spiro atoms. The van der Waals surface area contributed by atoms with E-state index in [-0.39, 0.29) is 29.7 Å². The standard InChI is InChI=1S/C24H22N4O3/c29-23(20-14-22(31-27-20)16-8-2-1-3-9-16)25-15-21-18-12-6-7-13-19(18)24(30)28(26-21)17-10-4-5-11-17/h1-3,6-9,12-14,17H,4-5,10-11,15H2,(H,25,29). The molecule has 7 nitrogen and oxygen atoms in total. The summed E-state index contributed by atoms with van der Waals surface area (Å²) < 4.78 is 6.94. The first kappa shape index (κ1) is 19.2. The van der Waals surface area contributed by atoms with Crippen LogP contribution in [0.15, 0.2) is 70.0 Å². The van der Waals surface area contributed by atoms with Crippen LogP contribution in [0.2, 0.25) is 0 Å². The van der Waals surface area contributed by atoms with Crippen molar-refractivity contribution in [3.8, 4) is 11.3 Å². The van der Waals surface area contributed by atoms with E-state index in [1.54, 1.807) is 10.7 Å². The lowest BCUT2D eigenvalue weighted by atomic mass is 10.1. The SMILES string of the molecule is O=C(NCc1nn(C2CCCC2)c(=O)c2ccccc12)c1cc(-c2ccccc2)on1. The third-order valence-electron chi connectivity index (χ3n) is 5.79. The number of aromatic nitrogens is 3. The van der Waals surface area contributed by atoms with Crippen LogP contribution in [0.25, 0.3) is 22.1 Å². The Morgan fingerprint density at radius 3 is 2.52 bits per heavy atom. The number of nitrogens with zero attached hydrogens (tertiary/aromatic N) is 3. The van der Waals surface area contributed by atoms with Crippen LogP contribution in [0.4, 0.5) is 0 Å². The molecule has 1 saturated carbocycles. The summed E-state index contributed by atoms with van der Waals surface area (Å²) >= 11 is 0. The highest BCUT2D eigenvalue weighted by atomic mass is 16.5. The summed E-state index contributed by atoms with van der Waals surface area (Å²) in [5, 5.41) is 12.8. The Morgan fingerprint density at radius 1 is 1.03 bits per heavy atom. The van der Waals surface area contributed by atoms with Gasteiger partial charge in [0.15, 0.2) is 11.5 Å². The van der Waals surface area contributed by atoms with Crippen molar-refractivity contribution in [2.45, 2.75) is 38.3 Å². The topological polar surface area (TPSA) is 90.0 Å². The van der Waals surface area contributed by atoms with Crippen LogP contribution >= 0.6 is 0 Å². The number of benzene rings is 2. The van der Waals surface area contributed by atoms with Crippen LogP contribution in [0.1, 0.15) is 47.9 Å². The minimum absolute atomic E-state index is 0.0680. The Labute approximate surface area is 178 Å². The molecule has 2 aromatic carbocycles. The normalized spacial score (nSPS) is 14.2. The molecule has 7 heteroatoms. The summed E-state index contributed by atoms with van der Waals surface area (Å²) in [6.07, 6.45) is 4.12. The molecule has 5 rings (SSSR count). The van der Waals surface area contributed by atoms with E-state index in [0.717, 1.165) is 36.6 Å². The maximum atomic E-state index is 13.0. The van der Waals surface area contributed by atoms with E-state index in [1.807, 2.05) is 54.6 Å². The molecular formula is C24H22N4O3. The van der Waals surface area contributed by atoms with Crippen molar-refractivity contribution < 1.29 is 9.32 Å². The third kappa shape index (κ3) is 3.74. The van der Waals surface area contributed by atoms with Gasteiger partial charge in [-0.2, -0.15) is 5.10 Å². The van der Waals surface area contributed by atoms with Crippen LogP contribution in [0.3, 0.4) is 0 Å². The van der Waals surface area contributed by atoms with Crippen molar-refractivity contribution in [3.63, 3.8) is 0 Å². The number of nitrogens with one attached hydrogen (secondary N) is 1. The lowest BCUT2D eigenvalue weighted by Gasteiger charge is -2.16. The Balaban J connectivity index is 1.40. The van der Waals surface area contributed by atoms with Gasteiger partial charge >= 0.3 is 0 Å². The number of hydrogen-bond acceptors (Lipinski definition) is 5. The second kappa shape index (κ2) is 8.18. The Kier molecular flexibility index (Phi) is 5.08. The highest BCUT2D eigenvalue weighted by Gasteiger charge is 2.22. The molecule has 1 aliphatic rings. The fourth-order valence-corrected chi connectivity index (χ4v) is 4.18. The zero-order chi connectivity index (χ0) is 21.2. The quantitative estimate of drug-likeness (QED) is 0.531. The van der Waals surface area contributed by atoms with E-state index < -0.39 is 0 Å². The van der Waals surface area contributed by atoms with Gasteiger partial charge in [-0.15, -0.1) is 0 Å². The second-order valence-corrected chi connectivity index (χ2v) is 7.81. The molecule has 156 valence electrons. The van der Waals surface area contributed by atoms with Crippen molar-refractivity contribution in [1.82, 2.24) is 20.3 Å². The Morgan fingerprint density at radius 2 is 1.74 bits per heavy atom. The van der Waals surface area contributed by atoms with Gasteiger partial charge in [0.1, 0.15) is 0 Å². The fourth-order valence-electron chi connectivity index (χ4n) is 4.18. The molecule has 31 heavy (non-hydrogen) atoms. The van der Waals surface area contributed by atoms with Gasteiger partial charge in [0, 0.05) is 17.0 Å². The van der Waals surface area contributed by atoms with Crippen molar-refractivity contribution in [2.75, 3.05) is 0 Å². The maximum Gasteiger partial charge on any atom is 0.274 e. The predicted octanol–water partition coefficient (Wildman–Crippen LogP) is 4.10. The van der Waals surface area contributed by atoms with Gasteiger partial charge in [-0.05, 0) is 18.9 Å². The molecular weight excluding hydrogens is 392 g/mol. The molecule has 1 aliphatic carbocycles. The number of carbonyl (C=O) groups excluding carboxylic acids is 1. The summed E-state index contributed by atoms with van der Waals surface area (Å²) in [6, 6.07) is 18.6. The van der Waals surface area contributed by atoms with Gasteiger partial charge in [-0.1, -0.05) is 66.5 Å². The van der Waals surface area contributed by atoms with Crippen molar-refractivity contribution in [3.05, 3.63) is 82.4 Å². The first-order chi connectivity index (χ1) is 15.2. The molecule has 0 saturated heterocycles. The smallest absolute Gasteiger partial charge is 0.274 e. The van der Waals surface area contributed by atoms with E-state index in [2.05, 4.69) is 15.6 Å². The summed E-state index contributed by atoms with van der Waals surface area (Å²) in [6.45, 7) is 0.194. The predicted molar refractivity (Wildman–Crippen MR) is 117 cm³/mol. The second-order valence-electron chi connectivity index (χ2n) is 7.81. The van der Waals surface area contributed by atoms with E-state index in [4.69, 9.17) is 4.52 Å². The zero-order valence-corrected chi connectivity index (χ0v) is 17.0. The summed E-state index contributed by atoms with van der Waals surface area (Å²) in [7, 11) is 0. The Bertz CT molecular complexity index is 1290. The van der Waals surface area contributed by atoms with Crippen LogP contribution < -0.4 is 10.9 Å². The van der Waals surface area contributed by atoms with Crippen LogP contribution in [0.5, 0.6) is 0 Å². The highest BCUT2D eigenvalue weighted by Crippen LogP contribution is 2.28. The largest absolute Gasteiger partial charge is 0.355 e. The fraction of sp³-hybridized carbons (Fsp3) is 0.250. The van der Waals surface area contributed by atoms with Gasteiger partial charge < -0.3 is 9.84 Å². The average Bonchev–Trinajstić information content (AvgIpc) is 3.52. The van der Waals surface area contributed by atoms with Gasteiger partial charge in [-0.3, -0.25) is 9.59 Å². The molecule has 4 aromatic rings. The van der Waals surface area contributed by atoms with E-state index in [0.29, 0.717) is 16.8 Å². The van der Waals surface area contributed by atoms with Gasteiger partial charge in [0.05, 0.1) is 23.7 Å². The molecule has 0 unspecified atom stereocenters. The van der Waals surface area contributed by atoms with Gasteiger partial charge in [-0.25, -0.2) is 4.68 Å². The summed E-state index contributed by atoms with van der Waals surface area (Å²) in [4.78, 5) is 25.6. The summed E-state index contributed by atoms with van der Waals surface area (Å²) in [5.74, 6) is 0.180. The van der Waals surface area contributed by atoms with Crippen LogP contribution in [0, 0.1) is 0 Å². The summed E-state index contributed by atoms with van der Waals surface area (Å²) in [5.41, 5.74) is 1.65. The van der Waals surface area contributed by atoms with Crippen molar-refractivity contribution in [2.24, 2.45) is 0 Å². The number of carbonyl (C=O) groups is 1. The molecule has 1 N–H and O–H groups in total. The zero-order valence-electron chi connectivity index (χ0n) is 17.0. The van der Waals surface area contributed by atoms with Crippen LogP contribution in [-0.2, 0) is 6.54 Å². The first-order valence-corrected chi connectivity index (χ1v) is 10.5. The van der Waals surface area contributed by atoms with E-state index in [1.165, 1.54) is 0 Å². The number of amides is 1. The molecule has 2 aromatic heterocycles. The molecule has 2 heterocycles. The average molecular weight is 414 g/mol. The molecule has 0 aliphatic heterocycles. The van der Waals surface area contributed by atoms with E-state index in [9.17, 15) is 9.59 Å². The lowest BCUT2D eigenvalue weighted by molar-refractivity contribution is 0.0941. The molecule has 0 atom stereocenters. The van der Waals surface area contributed by atoms with E-state index >= 15 is 0 Å². The maximum absolute atomic E-state index is 13.0. The Hall–Kier alpha value is -3.74. The van der Waals surface area contributed by atoms with Crippen molar-refractivity contribution >= 4 is 16.7 Å². The molecule has 1 amide bonds. The molecule has 0 radical (unpaired) electrons. The first-order valence-electron chi connectivity index (χ1n) is 10.5. The molecule has 0 bridgehead atoms. The van der Waals surface area contributed by atoms with Gasteiger partial charge in [0.25, 0.3) is 11.5 Å². The number of hydrogen-bond donors (Lipinski definition) is 1. The van der Waals surface area contributed by atoms with Crippen molar-refractivity contribution in [1.29, 1.82) is 0 Å². The minimum Gasteiger partial charge on any atom is -0.355 e.